The zero-order valence-corrected chi connectivity index (χ0v) is 15.2. The molecule has 1 aliphatic heterocycles. The largest absolute Gasteiger partial charge is 0.244 e. The molecule has 0 amide bonds. The number of hydrogen-bond acceptors (Lipinski definition) is 3. The molecular formula is C15H24ClNO2S2. The lowest BCUT2D eigenvalue weighted by molar-refractivity contribution is 0.399. The first kappa shape index (κ1) is 17.3. The molecule has 0 aliphatic carbocycles. The van der Waals surface area contributed by atoms with E-state index in [1.807, 2.05) is 12.3 Å². The quantitative estimate of drug-likeness (QED) is 0.739. The molecule has 1 saturated heterocycles. The zero-order chi connectivity index (χ0) is 15.5. The van der Waals surface area contributed by atoms with E-state index in [0.717, 1.165) is 29.7 Å². The Morgan fingerprint density at radius 2 is 2.14 bits per heavy atom. The van der Waals surface area contributed by atoms with Crippen LogP contribution in [0.1, 0.15) is 49.5 Å². The summed E-state index contributed by atoms with van der Waals surface area (Å²) in [6, 6.07) is 0. The van der Waals surface area contributed by atoms with Gasteiger partial charge in [0.25, 0.3) is 0 Å². The van der Waals surface area contributed by atoms with Crippen molar-refractivity contribution >= 4 is 33.0 Å². The van der Waals surface area contributed by atoms with Crippen LogP contribution in [0.3, 0.4) is 0 Å². The third kappa shape index (κ3) is 3.81. The van der Waals surface area contributed by atoms with Gasteiger partial charge in [0.1, 0.15) is 4.90 Å². The van der Waals surface area contributed by atoms with Gasteiger partial charge in [-0.15, -0.1) is 22.9 Å². The van der Waals surface area contributed by atoms with Gasteiger partial charge in [-0.3, -0.25) is 0 Å². The van der Waals surface area contributed by atoms with Gasteiger partial charge in [0.2, 0.25) is 10.0 Å². The van der Waals surface area contributed by atoms with Crippen molar-refractivity contribution in [1.29, 1.82) is 0 Å². The molecule has 120 valence electrons. The lowest BCUT2D eigenvalue weighted by atomic mass is 9.96. The number of hydrogen-bond donors (Lipinski definition) is 0. The Bertz CT molecular complexity index is 568. The summed E-state index contributed by atoms with van der Waals surface area (Å²) in [5, 5.41) is 1.89. The lowest BCUT2D eigenvalue weighted by Gasteiger charge is -2.21. The van der Waals surface area contributed by atoms with Gasteiger partial charge in [-0.2, -0.15) is 4.31 Å². The molecule has 2 heterocycles. The Labute approximate surface area is 137 Å². The summed E-state index contributed by atoms with van der Waals surface area (Å²) in [7, 11) is -3.39. The lowest BCUT2D eigenvalue weighted by Crippen LogP contribution is -2.32. The Morgan fingerprint density at radius 1 is 1.38 bits per heavy atom. The van der Waals surface area contributed by atoms with E-state index < -0.39 is 10.0 Å². The minimum atomic E-state index is -3.39. The molecule has 6 heteroatoms. The highest BCUT2D eigenvalue weighted by atomic mass is 35.5. The summed E-state index contributed by atoms with van der Waals surface area (Å²) in [5.74, 6) is 0.936. The van der Waals surface area contributed by atoms with Crippen molar-refractivity contribution in [1.82, 2.24) is 4.31 Å². The van der Waals surface area contributed by atoms with Crippen molar-refractivity contribution in [3.63, 3.8) is 0 Å². The molecule has 3 nitrogen and oxygen atoms in total. The second-order valence-corrected chi connectivity index (χ2v) is 8.90. The van der Waals surface area contributed by atoms with Crippen LogP contribution in [-0.4, -0.2) is 25.8 Å². The van der Waals surface area contributed by atoms with Crippen molar-refractivity contribution in [3.05, 3.63) is 15.8 Å². The fourth-order valence-electron chi connectivity index (χ4n) is 3.13. The molecule has 0 spiro atoms. The van der Waals surface area contributed by atoms with E-state index in [2.05, 4.69) is 6.92 Å². The summed E-state index contributed by atoms with van der Waals surface area (Å²) in [4.78, 5) is 1.22. The van der Waals surface area contributed by atoms with Crippen molar-refractivity contribution in [2.45, 2.75) is 56.7 Å². The van der Waals surface area contributed by atoms with E-state index in [1.54, 1.807) is 4.31 Å². The number of halogens is 1. The van der Waals surface area contributed by atoms with E-state index in [4.69, 9.17) is 11.6 Å². The number of nitrogens with zero attached hydrogens (tertiary/aromatic N) is 1. The average molecular weight is 350 g/mol. The highest BCUT2D eigenvalue weighted by Gasteiger charge is 2.31. The predicted octanol–water partition coefficient (Wildman–Crippen LogP) is 4.39. The van der Waals surface area contributed by atoms with Crippen LogP contribution in [0, 0.1) is 12.8 Å². The molecule has 1 atom stereocenters. The van der Waals surface area contributed by atoms with Gasteiger partial charge in [0, 0.05) is 18.0 Å². The molecule has 0 saturated carbocycles. The van der Waals surface area contributed by atoms with Crippen LogP contribution in [0.25, 0.3) is 0 Å². The fraction of sp³-hybridized carbons (Fsp3) is 0.733. The molecule has 0 radical (unpaired) electrons. The minimum absolute atomic E-state index is 0.263. The number of rotatable bonds is 5. The Hall–Kier alpha value is -0.100. The second-order valence-electron chi connectivity index (χ2n) is 5.79. The predicted molar refractivity (Wildman–Crippen MR) is 89.6 cm³/mol. The zero-order valence-electron chi connectivity index (χ0n) is 12.8. The van der Waals surface area contributed by atoms with Gasteiger partial charge in [0.05, 0.1) is 5.88 Å². The van der Waals surface area contributed by atoms with E-state index in [0.29, 0.717) is 23.9 Å². The monoisotopic (exact) mass is 349 g/mol. The van der Waals surface area contributed by atoms with E-state index in [9.17, 15) is 8.42 Å². The Balaban J connectivity index is 2.21. The van der Waals surface area contributed by atoms with Gasteiger partial charge in [-0.1, -0.05) is 19.8 Å². The minimum Gasteiger partial charge on any atom is -0.207 e. The van der Waals surface area contributed by atoms with Gasteiger partial charge in [-0.25, -0.2) is 8.42 Å². The molecule has 0 aromatic carbocycles. The smallest absolute Gasteiger partial charge is 0.207 e. The second kappa shape index (κ2) is 7.44. The van der Waals surface area contributed by atoms with Crippen molar-refractivity contribution in [2.75, 3.05) is 13.1 Å². The summed E-state index contributed by atoms with van der Waals surface area (Å²) in [6.45, 7) is 5.33. The van der Waals surface area contributed by atoms with Gasteiger partial charge >= 0.3 is 0 Å². The molecule has 1 aromatic rings. The molecule has 1 aromatic heterocycles. The number of sulfonamides is 1. The summed E-state index contributed by atoms with van der Waals surface area (Å²) in [5.41, 5.74) is 0.824. The van der Waals surface area contributed by atoms with Crippen LogP contribution >= 0.6 is 22.9 Å². The van der Waals surface area contributed by atoms with Crippen molar-refractivity contribution in [2.24, 2.45) is 5.92 Å². The molecule has 2 rings (SSSR count). The first-order chi connectivity index (χ1) is 10.0. The highest BCUT2D eigenvalue weighted by Crippen LogP contribution is 2.32. The van der Waals surface area contributed by atoms with Crippen molar-refractivity contribution < 1.29 is 8.42 Å². The summed E-state index contributed by atoms with van der Waals surface area (Å²) < 4.78 is 27.6. The normalized spacial score (nSPS) is 21.4. The van der Waals surface area contributed by atoms with Crippen LogP contribution in [0.4, 0.5) is 0 Å². The maximum Gasteiger partial charge on any atom is 0.244 e. The maximum atomic E-state index is 12.9. The standard InChI is InChI=1S/C15H24ClNO2S2/c1-3-5-13-6-4-8-17(9-7-13)21(18,19)15-12(2)11-20-14(15)10-16/h11,13H,3-10H2,1-2H3. The van der Waals surface area contributed by atoms with Gasteiger partial charge in [0.15, 0.2) is 0 Å². The van der Waals surface area contributed by atoms with E-state index >= 15 is 0 Å². The van der Waals surface area contributed by atoms with Crippen molar-refractivity contribution in [3.8, 4) is 0 Å². The SMILES string of the molecule is CCCC1CCCN(S(=O)(=O)c2c(C)csc2CCl)CC1. The number of alkyl halides is 1. The molecule has 21 heavy (non-hydrogen) atoms. The summed E-state index contributed by atoms with van der Waals surface area (Å²) >= 11 is 7.36. The van der Waals surface area contributed by atoms with Gasteiger partial charge < -0.3 is 0 Å². The third-order valence-corrected chi connectivity index (χ3v) is 8.00. The Kier molecular flexibility index (Phi) is 6.12. The van der Waals surface area contributed by atoms with E-state index in [1.165, 1.54) is 24.2 Å². The molecule has 1 fully saturated rings. The van der Waals surface area contributed by atoms with Crippen LogP contribution in [0.5, 0.6) is 0 Å². The fourth-order valence-corrected chi connectivity index (χ4v) is 6.64. The molecule has 1 unspecified atom stereocenters. The van der Waals surface area contributed by atoms with Crippen LogP contribution in [0.15, 0.2) is 10.3 Å². The first-order valence-corrected chi connectivity index (χ1v) is 10.5. The molecular weight excluding hydrogens is 326 g/mol. The molecule has 0 bridgehead atoms. The van der Waals surface area contributed by atoms with E-state index in [-0.39, 0.29) is 5.88 Å². The topological polar surface area (TPSA) is 37.4 Å². The maximum absolute atomic E-state index is 12.9. The molecule has 0 N–H and O–H groups in total. The van der Waals surface area contributed by atoms with Gasteiger partial charge in [-0.05, 0) is 43.0 Å². The average Bonchev–Trinajstić information content (AvgIpc) is 2.67. The van der Waals surface area contributed by atoms with Crippen LogP contribution in [0.2, 0.25) is 0 Å². The molecule has 1 aliphatic rings. The Morgan fingerprint density at radius 3 is 2.81 bits per heavy atom. The summed E-state index contributed by atoms with van der Waals surface area (Å²) in [6.07, 6.45) is 5.47. The van der Waals surface area contributed by atoms with Crippen LogP contribution in [-0.2, 0) is 15.9 Å². The first-order valence-electron chi connectivity index (χ1n) is 7.63. The third-order valence-electron chi connectivity index (χ3n) is 4.21. The number of thiophene rings is 1. The van der Waals surface area contributed by atoms with Crippen LogP contribution < -0.4 is 0 Å². The number of aryl methyl sites for hydroxylation is 1. The highest BCUT2D eigenvalue weighted by molar-refractivity contribution is 7.89.